The highest BCUT2D eigenvalue weighted by molar-refractivity contribution is 7.11. The maximum absolute atomic E-state index is 12.7. The second-order valence-electron chi connectivity index (χ2n) is 5.88. The van der Waals surface area contributed by atoms with Crippen molar-refractivity contribution in [3.63, 3.8) is 0 Å². The van der Waals surface area contributed by atoms with Crippen molar-refractivity contribution in [2.75, 3.05) is 0 Å². The zero-order valence-electron chi connectivity index (χ0n) is 13.0. The third-order valence-corrected chi connectivity index (χ3v) is 5.11. The van der Waals surface area contributed by atoms with Crippen LogP contribution in [0.3, 0.4) is 0 Å². The second-order valence-corrected chi connectivity index (χ2v) is 7.08. The number of thiazole rings is 1. The molecule has 3 rings (SSSR count). The van der Waals surface area contributed by atoms with Gasteiger partial charge in [-0.15, -0.1) is 11.3 Å². The smallest absolute Gasteiger partial charge is 0.254 e. The number of aryl methyl sites for hydroxylation is 2. The monoisotopic (exact) mass is 314 g/mol. The van der Waals surface area contributed by atoms with Crippen molar-refractivity contribution < 1.29 is 4.79 Å². The number of nitrogens with one attached hydrogen (secondary N) is 2. The lowest BCUT2D eigenvalue weighted by Crippen LogP contribution is -2.41. The van der Waals surface area contributed by atoms with Crippen LogP contribution in [-0.2, 0) is 5.54 Å². The van der Waals surface area contributed by atoms with Crippen LogP contribution in [0.5, 0.6) is 0 Å². The number of carbonyl (C=O) groups is 1. The normalized spacial score (nSPS) is 11.8. The van der Waals surface area contributed by atoms with E-state index in [1.165, 1.54) is 4.88 Å². The third-order valence-electron chi connectivity index (χ3n) is 3.71. The summed E-state index contributed by atoms with van der Waals surface area (Å²) in [6, 6.07) is 5.58. The number of carbonyl (C=O) groups excluding carboxylic acids is 1. The van der Waals surface area contributed by atoms with Crippen LogP contribution < -0.4 is 5.32 Å². The molecule has 2 N–H and O–H groups in total. The summed E-state index contributed by atoms with van der Waals surface area (Å²) in [5.41, 5.74) is 1.83. The summed E-state index contributed by atoms with van der Waals surface area (Å²) in [5.74, 6) is -0.134. The van der Waals surface area contributed by atoms with Crippen molar-refractivity contribution >= 4 is 28.1 Å². The number of amides is 1. The fraction of sp³-hybridized carbons (Fsp3) is 0.312. The van der Waals surface area contributed by atoms with Crippen molar-refractivity contribution in [3.05, 3.63) is 45.5 Å². The number of aromatic nitrogens is 3. The Hall–Kier alpha value is -2.21. The Morgan fingerprint density at radius 1 is 1.32 bits per heavy atom. The number of para-hydroxylation sites is 1. The van der Waals surface area contributed by atoms with Crippen LogP contribution >= 0.6 is 11.3 Å². The van der Waals surface area contributed by atoms with Crippen molar-refractivity contribution in [2.45, 2.75) is 33.2 Å². The van der Waals surface area contributed by atoms with Crippen LogP contribution in [0.15, 0.2) is 24.4 Å². The van der Waals surface area contributed by atoms with Gasteiger partial charge in [-0.05, 0) is 33.8 Å². The van der Waals surface area contributed by atoms with Crippen LogP contribution in [0.2, 0.25) is 0 Å². The van der Waals surface area contributed by atoms with E-state index in [4.69, 9.17) is 0 Å². The summed E-state index contributed by atoms with van der Waals surface area (Å²) in [6.07, 6.45) is 1.71. The van der Waals surface area contributed by atoms with Crippen LogP contribution in [0.1, 0.15) is 39.8 Å². The average Bonchev–Trinajstić information content (AvgIpc) is 3.05. The van der Waals surface area contributed by atoms with Gasteiger partial charge in [0.25, 0.3) is 5.91 Å². The van der Waals surface area contributed by atoms with Gasteiger partial charge in [0.1, 0.15) is 5.01 Å². The lowest BCUT2D eigenvalue weighted by molar-refractivity contribution is 0.0913. The molecule has 6 heteroatoms. The second kappa shape index (κ2) is 5.21. The summed E-state index contributed by atoms with van der Waals surface area (Å²) < 4.78 is 0. The van der Waals surface area contributed by atoms with E-state index < -0.39 is 5.54 Å². The molecule has 0 bridgehead atoms. The Labute approximate surface area is 132 Å². The SMILES string of the molecule is Cc1nc(C(C)(C)NC(=O)c2cccc3cn[nH]c23)sc1C. The van der Waals surface area contributed by atoms with Crippen molar-refractivity contribution in [1.82, 2.24) is 20.5 Å². The summed E-state index contributed by atoms with van der Waals surface area (Å²) in [4.78, 5) is 18.4. The van der Waals surface area contributed by atoms with E-state index in [1.54, 1.807) is 23.6 Å². The molecule has 1 amide bonds. The van der Waals surface area contributed by atoms with Gasteiger partial charge in [0, 0.05) is 10.3 Å². The lowest BCUT2D eigenvalue weighted by atomic mass is 10.0. The first kappa shape index (κ1) is 14.7. The van der Waals surface area contributed by atoms with Gasteiger partial charge in [0.15, 0.2) is 0 Å². The molecule has 5 nitrogen and oxygen atoms in total. The number of rotatable bonds is 3. The predicted octanol–water partition coefficient (Wildman–Crippen LogP) is 3.30. The number of hydrogen-bond donors (Lipinski definition) is 2. The molecule has 0 aliphatic heterocycles. The number of benzene rings is 1. The summed E-state index contributed by atoms with van der Waals surface area (Å²) in [7, 11) is 0. The Bertz CT molecular complexity index is 827. The third kappa shape index (κ3) is 2.50. The first-order valence-electron chi connectivity index (χ1n) is 7.07. The maximum atomic E-state index is 12.7. The fourth-order valence-corrected chi connectivity index (χ4v) is 3.27. The van der Waals surface area contributed by atoms with E-state index in [1.807, 2.05) is 39.8 Å². The molecule has 0 radical (unpaired) electrons. The molecule has 0 fully saturated rings. The molecule has 114 valence electrons. The van der Waals surface area contributed by atoms with E-state index in [2.05, 4.69) is 20.5 Å². The van der Waals surface area contributed by atoms with Crippen molar-refractivity contribution in [1.29, 1.82) is 0 Å². The highest BCUT2D eigenvalue weighted by Crippen LogP contribution is 2.28. The van der Waals surface area contributed by atoms with Crippen LogP contribution in [0.4, 0.5) is 0 Å². The first-order valence-corrected chi connectivity index (χ1v) is 7.89. The van der Waals surface area contributed by atoms with Gasteiger partial charge in [-0.25, -0.2) is 4.98 Å². The maximum Gasteiger partial charge on any atom is 0.254 e. The minimum absolute atomic E-state index is 0.134. The number of nitrogens with zero attached hydrogens (tertiary/aromatic N) is 2. The lowest BCUT2D eigenvalue weighted by Gasteiger charge is -2.24. The highest BCUT2D eigenvalue weighted by atomic mass is 32.1. The molecule has 0 unspecified atom stereocenters. The Morgan fingerprint density at radius 2 is 2.09 bits per heavy atom. The van der Waals surface area contributed by atoms with E-state index in [0.29, 0.717) is 5.56 Å². The number of fused-ring (bicyclic) bond motifs is 1. The van der Waals surface area contributed by atoms with Gasteiger partial charge >= 0.3 is 0 Å². The van der Waals surface area contributed by atoms with Gasteiger partial charge in [0.2, 0.25) is 0 Å². The van der Waals surface area contributed by atoms with Gasteiger partial charge < -0.3 is 5.32 Å². The Morgan fingerprint density at radius 3 is 2.77 bits per heavy atom. The van der Waals surface area contributed by atoms with E-state index in [-0.39, 0.29) is 5.91 Å². The number of hydrogen-bond acceptors (Lipinski definition) is 4. The predicted molar refractivity (Wildman–Crippen MR) is 88.2 cm³/mol. The molecule has 3 aromatic rings. The number of aromatic amines is 1. The van der Waals surface area contributed by atoms with E-state index in [0.717, 1.165) is 21.6 Å². The zero-order valence-corrected chi connectivity index (χ0v) is 13.8. The van der Waals surface area contributed by atoms with Gasteiger partial charge in [0.05, 0.1) is 28.5 Å². The number of H-pyrrole nitrogens is 1. The fourth-order valence-electron chi connectivity index (χ4n) is 2.30. The molecule has 0 atom stereocenters. The van der Waals surface area contributed by atoms with Crippen molar-refractivity contribution in [3.8, 4) is 0 Å². The topological polar surface area (TPSA) is 70.7 Å². The molecule has 2 heterocycles. The molecule has 2 aromatic heterocycles. The first-order chi connectivity index (χ1) is 10.4. The van der Waals surface area contributed by atoms with Gasteiger partial charge in [-0.2, -0.15) is 5.10 Å². The van der Waals surface area contributed by atoms with E-state index in [9.17, 15) is 4.79 Å². The van der Waals surface area contributed by atoms with Gasteiger partial charge in [-0.1, -0.05) is 12.1 Å². The summed E-state index contributed by atoms with van der Waals surface area (Å²) in [6.45, 7) is 7.96. The Kier molecular flexibility index (Phi) is 3.48. The highest BCUT2D eigenvalue weighted by Gasteiger charge is 2.28. The van der Waals surface area contributed by atoms with E-state index >= 15 is 0 Å². The summed E-state index contributed by atoms with van der Waals surface area (Å²) >= 11 is 1.62. The van der Waals surface area contributed by atoms with Crippen LogP contribution in [-0.4, -0.2) is 21.1 Å². The van der Waals surface area contributed by atoms with Crippen LogP contribution in [0, 0.1) is 13.8 Å². The molecular weight excluding hydrogens is 296 g/mol. The van der Waals surface area contributed by atoms with Crippen LogP contribution in [0.25, 0.3) is 10.9 Å². The Balaban J connectivity index is 1.91. The zero-order chi connectivity index (χ0) is 15.9. The molecule has 0 aliphatic carbocycles. The molecule has 0 spiro atoms. The average molecular weight is 314 g/mol. The summed E-state index contributed by atoms with van der Waals surface area (Å²) in [5, 5.41) is 11.8. The standard InChI is InChI=1S/C16H18N4OS/c1-9-10(2)22-15(18-9)16(3,4)19-14(21)12-7-5-6-11-8-17-20-13(11)12/h5-8H,1-4H3,(H,17,20)(H,19,21). The minimum atomic E-state index is -0.525. The van der Waals surface area contributed by atoms with Crippen molar-refractivity contribution in [2.24, 2.45) is 0 Å². The molecule has 0 saturated heterocycles. The molecular formula is C16H18N4OS. The largest absolute Gasteiger partial charge is 0.341 e. The molecule has 22 heavy (non-hydrogen) atoms. The molecule has 0 aliphatic rings. The quantitative estimate of drug-likeness (QED) is 0.779. The minimum Gasteiger partial charge on any atom is -0.341 e. The van der Waals surface area contributed by atoms with Gasteiger partial charge in [-0.3, -0.25) is 9.89 Å². The molecule has 0 saturated carbocycles. The molecule has 1 aromatic carbocycles.